The van der Waals surface area contributed by atoms with Crippen LogP contribution in [0.25, 0.3) is 0 Å². The lowest BCUT2D eigenvalue weighted by Crippen LogP contribution is -2.32. The van der Waals surface area contributed by atoms with E-state index in [1.165, 1.54) is 6.42 Å². The van der Waals surface area contributed by atoms with Crippen molar-refractivity contribution in [3.8, 4) is 0 Å². The first-order valence-electron chi connectivity index (χ1n) is 5.02. The van der Waals surface area contributed by atoms with Crippen LogP contribution >= 0.6 is 0 Å². The molecule has 2 N–H and O–H groups in total. The van der Waals surface area contributed by atoms with Gasteiger partial charge in [-0.2, -0.15) is 5.10 Å². The Labute approximate surface area is 83.3 Å². The van der Waals surface area contributed by atoms with E-state index >= 15 is 0 Å². The fourth-order valence-electron chi connectivity index (χ4n) is 1.99. The maximum atomic E-state index is 5.46. The number of rotatable bonds is 3. The Balaban J connectivity index is 2.04. The number of hydrogen-bond acceptors (Lipinski definition) is 4. The van der Waals surface area contributed by atoms with Gasteiger partial charge in [-0.05, 0) is 19.9 Å². The molecule has 0 radical (unpaired) electrons. The molecule has 5 heteroatoms. The smallest absolute Gasteiger partial charge is 0.141 e. The molecule has 1 saturated heterocycles. The van der Waals surface area contributed by atoms with E-state index in [2.05, 4.69) is 20.5 Å². The van der Waals surface area contributed by atoms with Crippen molar-refractivity contribution in [2.75, 3.05) is 20.3 Å². The number of aromatic amines is 1. The van der Waals surface area contributed by atoms with E-state index in [0.717, 1.165) is 25.5 Å². The molecule has 0 saturated carbocycles. The first-order valence-corrected chi connectivity index (χ1v) is 5.02. The normalized spacial score (nSPS) is 24.8. The number of nitrogens with one attached hydrogen (secondary N) is 2. The maximum Gasteiger partial charge on any atom is 0.141 e. The fourth-order valence-corrected chi connectivity index (χ4v) is 1.99. The average Bonchev–Trinajstić information content (AvgIpc) is 2.74. The zero-order valence-electron chi connectivity index (χ0n) is 8.36. The van der Waals surface area contributed by atoms with Gasteiger partial charge in [-0.15, -0.1) is 0 Å². The summed E-state index contributed by atoms with van der Waals surface area (Å²) in [7, 11) is 1.95. The second-order valence-corrected chi connectivity index (χ2v) is 3.61. The summed E-state index contributed by atoms with van der Waals surface area (Å²) in [6.07, 6.45) is 3.87. The number of H-pyrrole nitrogens is 1. The molecule has 0 bridgehead atoms. The van der Waals surface area contributed by atoms with Crippen LogP contribution in [0.2, 0.25) is 0 Å². The molecular formula is C9H16N4O. The van der Waals surface area contributed by atoms with E-state index in [4.69, 9.17) is 4.74 Å². The van der Waals surface area contributed by atoms with Gasteiger partial charge in [0, 0.05) is 12.5 Å². The summed E-state index contributed by atoms with van der Waals surface area (Å²) in [6.45, 7) is 1.70. The Hall–Kier alpha value is -0.940. The highest BCUT2D eigenvalue weighted by Gasteiger charge is 2.26. The van der Waals surface area contributed by atoms with E-state index in [-0.39, 0.29) is 6.04 Å². The highest BCUT2D eigenvalue weighted by molar-refractivity contribution is 4.95. The van der Waals surface area contributed by atoms with Gasteiger partial charge in [-0.1, -0.05) is 0 Å². The molecule has 1 aliphatic heterocycles. The average molecular weight is 196 g/mol. The van der Waals surface area contributed by atoms with Gasteiger partial charge in [0.2, 0.25) is 0 Å². The Morgan fingerprint density at radius 2 is 2.64 bits per heavy atom. The number of hydrogen-bond donors (Lipinski definition) is 2. The van der Waals surface area contributed by atoms with E-state index in [0.29, 0.717) is 5.92 Å². The van der Waals surface area contributed by atoms with Crippen LogP contribution < -0.4 is 5.32 Å². The van der Waals surface area contributed by atoms with Crippen molar-refractivity contribution >= 4 is 0 Å². The van der Waals surface area contributed by atoms with Crippen LogP contribution in [0.5, 0.6) is 0 Å². The highest BCUT2D eigenvalue weighted by atomic mass is 16.5. The number of ether oxygens (including phenoxy) is 1. The monoisotopic (exact) mass is 196 g/mol. The quantitative estimate of drug-likeness (QED) is 0.738. The Bertz CT molecular complexity index is 256. The van der Waals surface area contributed by atoms with Crippen molar-refractivity contribution in [3.63, 3.8) is 0 Å². The Morgan fingerprint density at radius 3 is 3.21 bits per heavy atom. The molecule has 1 aromatic heterocycles. The van der Waals surface area contributed by atoms with Crippen LogP contribution in [-0.2, 0) is 4.74 Å². The molecular weight excluding hydrogens is 180 g/mol. The molecule has 14 heavy (non-hydrogen) atoms. The van der Waals surface area contributed by atoms with E-state index in [1.54, 1.807) is 6.33 Å². The van der Waals surface area contributed by atoms with Crippen LogP contribution in [0.15, 0.2) is 6.33 Å². The van der Waals surface area contributed by atoms with E-state index in [9.17, 15) is 0 Å². The highest BCUT2D eigenvalue weighted by Crippen LogP contribution is 2.25. The molecule has 78 valence electrons. The first kappa shape index (κ1) is 9.61. The molecule has 0 aliphatic carbocycles. The molecule has 1 aromatic rings. The zero-order chi connectivity index (χ0) is 9.80. The lowest BCUT2D eigenvalue weighted by molar-refractivity contribution is 0.0389. The van der Waals surface area contributed by atoms with Crippen LogP contribution in [0.3, 0.4) is 0 Å². The third-order valence-electron chi connectivity index (χ3n) is 2.71. The van der Waals surface area contributed by atoms with Crippen molar-refractivity contribution in [2.45, 2.75) is 18.9 Å². The maximum absolute atomic E-state index is 5.46. The summed E-state index contributed by atoms with van der Waals surface area (Å²) in [5, 5.41) is 10.0. The Kier molecular flexibility index (Phi) is 3.10. The van der Waals surface area contributed by atoms with Crippen molar-refractivity contribution in [1.82, 2.24) is 20.5 Å². The van der Waals surface area contributed by atoms with E-state index in [1.807, 2.05) is 7.05 Å². The molecule has 1 fully saturated rings. The minimum Gasteiger partial charge on any atom is -0.381 e. The van der Waals surface area contributed by atoms with Crippen molar-refractivity contribution in [2.24, 2.45) is 5.92 Å². The van der Waals surface area contributed by atoms with Gasteiger partial charge < -0.3 is 10.1 Å². The van der Waals surface area contributed by atoms with Crippen molar-refractivity contribution in [3.05, 3.63) is 12.2 Å². The Morgan fingerprint density at radius 1 is 1.71 bits per heavy atom. The summed E-state index contributed by atoms with van der Waals surface area (Å²) < 4.78 is 5.46. The predicted octanol–water partition coefficient (Wildman–Crippen LogP) is 0.492. The van der Waals surface area contributed by atoms with Crippen molar-refractivity contribution < 1.29 is 4.74 Å². The minimum absolute atomic E-state index is 0.234. The van der Waals surface area contributed by atoms with E-state index < -0.39 is 0 Å². The lowest BCUT2D eigenvalue weighted by Gasteiger charge is -2.28. The third-order valence-corrected chi connectivity index (χ3v) is 2.71. The second kappa shape index (κ2) is 4.52. The first-order chi connectivity index (χ1) is 6.92. The number of aromatic nitrogens is 3. The summed E-state index contributed by atoms with van der Waals surface area (Å²) >= 11 is 0. The summed E-state index contributed by atoms with van der Waals surface area (Å²) in [4.78, 5) is 4.18. The fraction of sp³-hybridized carbons (Fsp3) is 0.778. The molecule has 2 unspecified atom stereocenters. The van der Waals surface area contributed by atoms with Crippen LogP contribution in [-0.4, -0.2) is 35.4 Å². The lowest BCUT2D eigenvalue weighted by atomic mass is 9.93. The molecule has 5 nitrogen and oxygen atoms in total. The topological polar surface area (TPSA) is 62.8 Å². The predicted molar refractivity (Wildman–Crippen MR) is 51.7 cm³/mol. The SMILES string of the molecule is CNC(c1ncn[nH]1)C1CCCOC1. The summed E-state index contributed by atoms with van der Waals surface area (Å²) in [5.74, 6) is 1.41. The van der Waals surface area contributed by atoms with Gasteiger partial charge in [-0.3, -0.25) is 5.10 Å². The van der Waals surface area contributed by atoms with Crippen LogP contribution in [0.4, 0.5) is 0 Å². The van der Waals surface area contributed by atoms with Gasteiger partial charge in [0.1, 0.15) is 12.2 Å². The van der Waals surface area contributed by atoms with Gasteiger partial charge in [0.15, 0.2) is 0 Å². The molecule has 0 amide bonds. The molecule has 2 atom stereocenters. The minimum atomic E-state index is 0.234. The van der Waals surface area contributed by atoms with Crippen LogP contribution in [0, 0.1) is 5.92 Å². The van der Waals surface area contributed by atoms with Gasteiger partial charge in [-0.25, -0.2) is 4.98 Å². The molecule has 0 aromatic carbocycles. The molecule has 1 aliphatic rings. The molecule has 2 heterocycles. The summed E-state index contributed by atoms with van der Waals surface area (Å²) in [6, 6.07) is 0.234. The largest absolute Gasteiger partial charge is 0.381 e. The van der Waals surface area contributed by atoms with Crippen LogP contribution in [0.1, 0.15) is 24.7 Å². The molecule has 2 rings (SSSR count). The standard InChI is InChI=1S/C9H16N4O/c1-10-8(9-11-6-12-13-9)7-3-2-4-14-5-7/h6-8,10H,2-5H2,1H3,(H,11,12,13). The molecule has 0 spiro atoms. The second-order valence-electron chi connectivity index (χ2n) is 3.61. The van der Waals surface area contributed by atoms with Gasteiger partial charge in [0.05, 0.1) is 12.6 Å². The third kappa shape index (κ3) is 1.93. The van der Waals surface area contributed by atoms with Gasteiger partial charge >= 0.3 is 0 Å². The zero-order valence-corrected chi connectivity index (χ0v) is 8.36. The van der Waals surface area contributed by atoms with Gasteiger partial charge in [0.25, 0.3) is 0 Å². The number of nitrogens with zero attached hydrogens (tertiary/aromatic N) is 2. The van der Waals surface area contributed by atoms with Crippen molar-refractivity contribution in [1.29, 1.82) is 0 Å². The summed E-state index contributed by atoms with van der Waals surface area (Å²) in [5.41, 5.74) is 0.